The fourth-order valence-corrected chi connectivity index (χ4v) is 1.55. The molecule has 2 aromatic rings. The maximum absolute atomic E-state index is 12.4. The quantitative estimate of drug-likeness (QED) is 0.805. The van der Waals surface area contributed by atoms with E-state index in [9.17, 15) is 18.0 Å². The summed E-state index contributed by atoms with van der Waals surface area (Å²) in [4.78, 5) is 11.7. The van der Waals surface area contributed by atoms with Crippen LogP contribution in [-0.2, 0) is 12.7 Å². The van der Waals surface area contributed by atoms with E-state index in [1.165, 1.54) is 6.20 Å². The molecule has 0 spiro atoms. The number of alkyl halides is 3. The lowest BCUT2D eigenvalue weighted by atomic mass is 10.1. The van der Waals surface area contributed by atoms with E-state index in [1.807, 2.05) is 0 Å². The van der Waals surface area contributed by atoms with Crippen molar-refractivity contribution in [2.45, 2.75) is 12.7 Å². The van der Waals surface area contributed by atoms with Gasteiger partial charge in [-0.3, -0.25) is 9.89 Å². The van der Waals surface area contributed by atoms with Crippen LogP contribution < -0.4 is 11.1 Å². The Bertz CT molecular complexity index is 604. The number of aromatic nitrogens is 2. The van der Waals surface area contributed by atoms with Crippen LogP contribution >= 0.6 is 0 Å². The number of H-pyrrole nitrogens is 1. The number of benzene rings is 1. The van der Waals surface area contributed by atoms with Crippen molar-refractivity contribution in [3.05, 3.63) is 47.2 Å². The summed E-state index contributed by atoms with van der Waals surface area (Å²) in [7, 11) is 0. The van der Waals surface area contributed by atoms with Gasteiger partial charge in [-0.25, -0.2) is 0 Å². The van der Waals surface area contributed by atoms with Gasteiger partial charge in [0.15, 0.2) is 0 Å². The summed E-state index contributed by atoms with van der Waals surface area (Å²) >= 11 is 0. The average Bonchev–Trinajstić information content (AvgIpc) is 2.81. The van der Waals surface area contributed by atoms with Crippen molar-refractivity contribution in [2.24, 2.45) is 0 Å². The number of nitrogens with zero attached hydrogens (tertiary/aromatic N) is 1. The van der Waals surface area contributed by atoms with Crippen molar-refractivity contribution in [2.75, 3.05) is 5.73 Å². The predicted molar refractivity (Wildman–Crippen MR) is 65.6 cm³/mol. The molecule has 1 aromatic heterocycles. The molecule has 0 unspecified atom stereocenters. The first-order valence-corrected chi connectivity index (χ1v) is 5.61. The van der Waals surface area contributed by atoms with Crippen LogP contribution in [0.5, 0.6) is 0 Å². The molecule has 2 rings (SSSR count). The van der Waals surface area contributed by atoms with E-state index in [0.717, 1.165) is 24.3 Å². The zero-order valence-electron chi connectivity index (χ0n) is 10.2. The highest BCUT2D eigenvalue weighted by molar-refractivity contribution is 5.94. The summed E-state index contributed by atoms with van der Waals surface area (Å²) in [5.41, 5.74) is 5.48. The summed E-state index contributed by atoms with van der Waals surface area (Å²) in [5, 5.41) is 8.73. The second-order valence-electron chi connectivity index (χ2n) is 4.07. The number of carbonyl (C=O) groups excluding carboxylic acids is 1. The molecule has 0 aliphatic rings. The van der Waals surface area contributed by atoms with Gasteiger partial charge in [0, 0.05) is 17.7 Å². The maximum atomic E-state index is 12.4. The van der Waals surface area contributed by atoms with E-state index in [0.29, 0.717) is 11.4 Å². The molecule has 0 radical (unpaired) electrons. The van der Waals surface area contributed by atoms with Crippen LogP contribution in [0.15, 0.2) is 30.5 Å². The maximum Gasteiger partial charge on any atom is 0.416 e. The van der Waals surface area contributed by atoms with Gasteiger partial charge in [0.2, 0.25) is 0 Å². The molecular weight excluding hydrogens is 273 g/mol. The highest BCUT2D eigenvalue weighted by Gasteiger charge is 2.30. The lowest BCUT2D eigenvalue weighted by Gasteiger charge is -2.08. The molecule has 20 heavy (non-hydrogen) atoms. The van der Waals surface area contributed by atoms with E-state index in [2.05, 4.69) is 15.5 Å². The zero-order valence-corrected chi connectivity index (χ0v) is 10.2. The lowest BCUT2D eigenvalue weighted by Crippen LogP contribution is -2.23. The number of hydrogen-bond donors (Lipinski definition) is 3. The van der Waals surface area contributed by atoms with Gasteiger partial charge >= 0.3 is 6.18 Å². The Kier molecular flexibility index (Phi) is 3.64. The Morgan fingerprint density at radius 1 is 1.30 bits per heavy atom. The minimum Gasteiger partial charge on any atom is -0.384 e. The molecule has 0 atom stereocenters. The van der Waals surface area contributed by atoms with Crippen molar-refractivity contribution in [3.8, 4) is 0 Å². The minimum absolute atomic E-state index is 0.139. The van der Waals surface area contributed by atoms with E-state index in [-0.39, 0.29) is 12.1 Å². The SMILES string of the molecule is Nc1[nH]ncc1CNC(=O)c1ccc(C(F)(F)F)cc1. The largest absolute Gasteiger partial charge is 0.416 e. The van der Waals surface area contributed by atoms with Gasteiger partial charge in [-0.05, 0) is 24.3 Å². The smallest absolute Gasteiger partial charge is 0.384 e. The van der Waals surface area contributed by atoms with Gasteiger partial charge in [0.1, 0.15) is 5.82 Å². The second-order valence-corrected chi connectivity index (χ2v) is 4.07. The van der Waals surface area contributed by atoms with E-state index >= 15 is 0 Å². The Hall–Kier alpha value is -2.51. The number of nitrogens with one attached hydrogen (secondary N) is 2. The number of amides is 1. The fraction of sp³-hybridized carbons (Fsp3) is 0.167. The van der Waals surface area contributed by atoms with E-state index in [1.54, 1.807) is 0 Å². The van der Waals surface area contributed by atoms with Crippen LogP contribution in [-0.4, -0.2) is 16.1 Å². The standard InChI is InChI=1S/C12H11F3N4O/c13-12(14,15)9-3-1-7(2-4-9)11(20)17-5-8-6-18-19-10(8)16/h1-4,6H,5H2,(H,17,20)(H3,16,18,19). The third-order valence-electron chi connectivity index (χ3n) is 2.67. The highest BCUT2D eigenvalue weighted by atomic mass is 19.4. The number of carbonyl (C=O) groups is 1. The molecule has 0 aliphatic heterocycles. The molecule has 1 amide bonds. The number of halogens is 3. The number of nitrogen functional groups attached to an aromatic ring is 1. The molecule has 0 fully saturated rings. The van der Waals surface area contributed by atoms with Crippen molar-refractivity contribution in [3.63, 3.8) is 0 Å². The van der Waals surface area contributed by atoms with Crippen LogP contribution in [0.25, 0.3) is 0 Å². The number of nitrogens with two attached hydrogens (primary N) is 1. The van der Waals surface area contributed by atoms with Crippen molar-refractivity contribution in [1.29, 1.82) is 0 Å². The fourth-order valence-electron chi connectivity index (χ4n) is 1.55. The van der Waals surface area contributed by atoms with Crippen LogP contribution in [0.1, 0.15) is 21.5 Å². The van der Waals surface area contributed by atoms with Crippen LogP contribution in [0, 0.1) is 0 Å². The first-order valence-electron chi connectivity index (χ1n) is 5.61. The number of anilines is 1. The number of hydrogen-bond acceptors (Lipinski definition) is 3. The van der Waals surface area contributed by atoms with Crippen LogP contribution in [0.3, 0.4) is 0 Å². The Labute approximate surface area is 112 Å². The molecule has 5 nitrogen and oxygen atoms in total. The van der Waals surface area contributed by atoms with Crippen LogP contribution in [0.2, 0.25) is 0 Å². The van der Waals surface area contributed by atoms with Gasteiger partial charge in [-0.1, -0.05) is 0 Å². The Balaban J connectivity index is 2.01. The van der Waals surface area contributed by atoms with Crippen molar-refractivity contribution in [1.82, 2.24) is 15.5 Å². The molecule has 0 aliphatic carbocycles. The predicted octanol–water partition coefficient (Wildman–Crippen LogP) is 1.94. The Morgan fingerprint density at radius 3 is 2.45 bits per heavy atom. The Morgan fingerprint density at radius 2 is 1.95 bits per heavy atom. The van der Waals surface area contributed by atoms with Gasteiger partial charge in [0.25, 0.3) is 5.91 Å². The summed E-state index contributed by atoms with van der Waals surface area (Å²) in [6.45, 7) is 0.141. The van der Waals surface area contributed by atoms with Gasteiger partial charge in [0.05, 0.1) is 11.8 Å². The third-order valence-corrected chi connectivity index (χ3v) is 2.67. The zero-order chi connectivity index (χ0) is 14.8. The van der Waals surface area contributed by atoms with E-state index < -0.39 is 17.6 Å². The topological polar surface area (TPSA) is 83.8 Å². The molecule has 1 aromatic carbocycles. The lowest BCUT2D eigenvalue weighted by molar-refractivity contribution is -0.137. The van der Waals surface area contributed by atoms with Gasteiger partial charge in [-0.2, -0.15) is 18.3 Å². The normalized spacial score (nSPS) is 11.3. The van der Waals surface area contributed by atoms with Crippen molar-refractivity contribution < 1.29 is 18.0 Å². The first kappa shape index (κ1) is 13.9. The second kappa shape index (κ2) is 5.24. The van der Waals surface area contributed by atoms with Gasteiger partial charge < -0.3 is 11.1 Å². The molecule has 4 N–H and O–H groups in total. The summed E-state index contributed by atoms with van der Waals surface area (Å²) in [6.07, 6.45) is -2.96. The monoisotopic (exact) mass is 284 g/mol. The minimum atomic E-state index is -4.42. The highest BCUT2D eigenvalue weighted by Crippen LogP contribution is 2.29. The third kappa shape index (κ3) is 3.08. The number of aromatic amines is 1. The first-order chi connectivity index (χ1) is 9.38. The molecule has 106 valence electrons. The molecule has 0 bridgehead atoms. The average molecular weight is 284 g/mol. The summed E-state index contributed by atoms with van der Waals surface area (Å²) in [5.74, 6) is -0.156. The summed E-state index contributed by atoms with van der Waals surface area (Å²) in [6, 6.07) is 3.97. The molecule has 8 heteroatoms. The molecule has 0 saturated heterocycles. The molecular formula is C12H11F3N4O. The van der Waals surface area contributed by atoms with Gasteiger partial charge in [-0.15, -0.1) is 0 Å². The van der Waals surface area contributed by atoms with Crippen LogP contribution in [0.4, 0.5) is 19.0 Å². The van der Waals surface area contributed by atoms with E-state index in [4.69, 9.17) is 5.73 Å². The summed E-state index contributed by atoms with van der Waals surface area (Å²) < 4.78 is 37.1. The van der Waals surface area contributed by atoms with Crippen molar-refractivity contribution >= 4 is 11.7 Å². The molecule has 1 heterocycles. The molecule has 0 saturated carbocycles. The number of rotatable bonds is 3.